The second kappa shape index (κ2) is 10.2. The summed E-state index contributed by atoms with van der Waals surface area (Å²) < 4.78 is 18.7. The molecule has 0 aliphatic carbocycles. The molecule has 1 aliphatic rings. The van der Waals surface area contributed by atoms with E-state index in [0.29, 0.717) is 12.3 Å². The molecule has 3 rings (SSSR count). The number of ether oxygens (including phenoxy) is 1. The van der Waals surface area contributed by atoms with Gasteiger partial charge in [0.2, 0.25) is 17.7 Å². The first-order valence-electron chi connectivity index (χ1n) is 10.1. The number of halogens is 1. The zero-order valence-electron chi connectivity index (χ0n) is 17.7. The molecule has 0 radical (unpaired) electrons. The number of carbonyl (C=O) groups excluding carboxylic acids is 3. The molecule has 0 spiro atoms. The molecule has 164 valence electrons. The Balaban J connectivity index is 1.55. The molecule has 1 saturated heterocycles. The topological polar surface area (TPSA) is 70.2 Å². The van der Waals surface area contributed by atoms with Crippen LogP contribution in [0, 0.1) is 5.82 Å². The van der Waals surface area contributed by atoms with Crippen LogP contribution in [0.3, 0.4) is 0 Å². The van der Waals surface area contributed by atoms with Gasteiger partial charge in [0.05, 0.1) is 6.61 Å². The molecule has 0 bridgehead atoms. The first-order chi connectivity index (χ1) is 14.8. The van der Waals surface area contributed by atoms with E-state index in [-0.39, 0.29) is 50.1 Å². The van der Waals surface area contributed by atoms with Crippen molar-refractivity contribution < 1.29 is 23.5 Å². The Morgan fingerprint density at radius 2 is 1.77 bits per heavy atom. The maximum atomic E-state index is 13.1. The quantitative estimate of drug-likeness (QED) is 0.649. The van der Waals surface area contributed by atoms with Gasteiger partial charge in [-0.3, -0.25) is 19.3 Å². The Morgan fingerprint density at radius 1 is 1.10 bits per heavy atom. The highest BCUT2D eigenvalue weighted by atomic mass is 19.1. The van der Waals surface area contributed by atoms with Gasteiger partial charge >= 0.3 is 0 Å². The van der Waals surface area contributed by atoms with Crippen LogP contribution in [0.15, 0.2) is 54.6 Å². The van der Waals surface area contributed by atoms with E-state index in [1.54, 1.807) is 0 Å². The van der Waals surface area contributed by atoms with E-state index in [4.69, 9.17) is 4.74 Å². The monoisotopic (exact) mass is 427 g/mol. The first-order valence-corrected chi connectivity index (χ1v) is 10.1. The summed E-state index contributed by atoms with van der Waals surface area (Å²) >= 11 is 0. The molecule has 1 fully saturated rings. The van der Waals surface area contributed by atoms with Gasteiger partial charge in [0.15, 0.2) is 0 Å². The Morgan fingerprint density at radius 3 is 2.42 bits per heavy atom. The molecule has 0 unspecified atom stereocenters. The maximum absolute atomic E-state index is 13.1. The van der Waals surface area contributed by atoms with Crippen molar-refractivity contribution in [3.8, 4) is 0 Å². The predicted octanol–water partition coefficient (Wildman–Crippen LogP) is 2.41. The molecule has 3 amide bonds. The van der Waals surface area contributed by atoms with E-state index < -0.39 is 5.82 Å². The van der Waals surface area contributed by atoms with Crippen LogP contribution >= 0.6 is 0 Å². The molecule has 7 nitrogen and oxygen atoms in total. The van der Waals surface area contributed by atoms with Crippen LogP contribution in [0.1, 0.15) is 19.4 Å². The van der Waals surface area contributed by atoms with Gasteiger partial charge in [-0.2, -0.15) is 0 Å². The summed E-state index contributed by atoms with van der Waals surface area (Å²) in [5, 5.41) is 0. The van der Waals surface area contributed by atoms with Gasteiger partial charge in [-0.1, -0.05) is 30.3 Å². The van der Waals surface area contributed by atoms with Crippen molar-refractivity contribution in [2.24, 2.45) is 0 Å². The molecular weight excluding hydrogens is 401 g/mol. The Bertz CT molecular complexity index is 918. The molecular formula is C23H26FN3O4. The average molecular weight is 427 g/mol. The summed E-state index contributed by atoms with van der Waals surface area (Å²) in [5.41, 5.74) is 1.48. The van der Waals surface area contributed by atoms with Crippen LogP contribution in [0.2, 0.25) is 0 Å². The van der Waals surface area contributed by atoms with Crippen LogP contribution < -0.4 is 4.90 Å². The molecule has 8 heteroatoms. The second-order valence-electron chi connectivity index (χ2n) is 7.63. The average Bonchev–Trinajstić information content (AvgIpc) is 3.14. The molecule has 2 aromatic carbocycles. The number of carbonyl (C=O) groups is 3. The van der Waals surface area contributed by atoms with Gasteiger partial charge in [-0.25, -0.2) is 4.39 Å². The number of anilines is 1. The largest absolute Gasteiger partial charge is 0.367 e. The minimum Gasteiger partial charge on any atom is -0.367 e. The molecule has 1 heterocycles. The second-order valence-corrected chi connectivity index (χ2v) is 7.63. The fraction of sp³-hybridized carbons (Fsp3) is 0.348. The highest BCUT2D eigenvalue weighted by molar-refractivity contribution is 6.00. The lowest BCUT2D eigenvalue weighted by Crippen LogP contribution is -2.46. The van der Waals surface area contributed by atoms with Crippen molar-refractivity contribution in [2.45, 2.75) is 26.5 Å². The van der Waals surface area contributed by atoms with Crippen molar-refractivity contribution in [3.63, 3.8) is 0 Å². The van der Waals surface area contributed by atoms with E-state index >= 15 is 0 Å². The molecule has 2 aromatic rings. The van der Waals surface area contributed by atoms with Gasteiger partial charge in [0, 0.05) is 11.7 Å². The summed E-state index contributed by atoms with van der Waals surface area (Å²) in [6.07, 6.45) is 0. The lowest BCUT2D eigenvalue weighted by molar-refractivity contribution is -0.145. The SMILES string of the molecule is CC(C)N(CC(=O)N1CC(=O)N(c2ccc(F)cc2)C1)C(=O)COCc1ccccc1. The minimum atomic E-state index is -0.399. The van der Waals surface area contributed by atoms with E-state index in [1.807, 2.05) is 44.2 Å². The molecule has 31 heavy (non-hydrogen) atoms. The van der Waals surface area contributed by atoms with Crippen LogP contribution in [-0.4, -0.2) is 59.9 Å². The summed E-state index contributed by atoms with van der Waals surface area (Å²) in [4.78, 5) is 42.0. The summed E-state index contributed by atoms with van der Waals surface area (Å²) in [6.45, 7) is 3.65. The van der Waals surface area contributed by atoms with E-state index in [0.717, 1.165) is 5.56 Å². The van der Waals surface area contributed by atoms with Gasteiger partial charge in [-0.15, -0.1) is 0 Å². The van der Waals surface area contributed by atoms with Gasteiger partial charge < -0.3 is 14.5 Å². The van der Waals surface area contributed by atoms with Crippen LogP contribution in [0.4, 0.5) is 10.1 Å². The summed E-state index contributed by atoms with van der Waals surface area (Å²) in [5.74, 6) is -1.28. The third-order valence-corrected chi connectivity index (χ3v) is 5.02. The standard InChI is InChI=1S/C23H26FN3O4/c1-17(2)26(23(30)15-31-14-18-6-4-3-5-7-18)13-21(28)25-12-22(29)27(16-25)20-10-8-19(24)9-11-20/h3-11,17H,12-16H2,1-2H3. The van der Waals surface area contributed by atoms with E-state index in [9.17, 15) is 18.8 Å². The molecule has 0 N–H and O–H groups in total. The fourth-order valence-electron chi connectivity index (χ4n) is 3.28. The maximum Gasteiger partial charge on any atom is 0.249 e. The fourth-order valence-corrected chi connectivity index (χ4v) is 3.28. The van der Waals surface area contributed by atoms with Crippen molar-refractivity contribution in [1.82, 2.24) is 9.80 Å². The van der Waals surface area contributed by atoms with E-state index in [1.165, 1.54) is 39.0 Å². The van der Waals surface area contributed by atoms with Crippen molar-refractivity contribution in [1.29, 1.82) is 0 Å². The van der Waals surface area contributed by atoms with Crippen molar-refractivity contribution in [3.05, 3.63) is 66.0 Å². The molecule has 1 aliphatic heterocycles. The smallest absolute Gasteiger partial charge is 0.249 e. The third kappa shape index (κ3) is 5.88. The Hall–Kier alpha value is -3.26. The number of nitrogens with zero attached hydrogens (tertiary/aromatic N) is 3. The highest BCUT2D eigenvalue weighted by Gasteiger charge is 2.33. The van der Waals surface area contributed by atoms with Crippen molar-refractivity contribution in [2.75, 3.05) is 31.3 Å². The number of rotatable bonds is 8. The number of benzene rings is 2. The van der Waals surface area contributed by atoms with Crippen molar-refractivity contribution >= 4 is 23.4 Å². The minimum absolute atomic E-state index is 0.0634. The normalized spacial score (nSPS) is 13.7. The predicted molar refractivity (Wildman–Crippen MR) is 113 cm³/mol. The van der Waals surface area contributed by atoms with Crippen LogP contribution in [-0.2, 0) is 25.7 Å². The first kappa shape index (κ1) is 22.4. The molecule has 0 aromatic heterocycles. The molecule has 0 saturated carbocycles. The molecule has 0 atom stereocenters. The zero-order valence-corrected chi connectivity index (χ0v) is 17.7. The summed E-state index contributed by atoms with van der Waals surface area (Å²) in [6, 6.07) is 14.8. The summed E-state index contributed by atoms with van der Waals surface area (Å²) in [7, 11) is 0. The Labute approximate surface area is 181 Å². The lowest BCUT2D eigenvalue weighted by Gasteiger charge is -2.28. The van der Waals surface area contributed by atoms with Gasteiger partial charge in [0.1, 0.15) is 32.2 Å². The van der Waals surface area contributed by atoms with Crippen LogP contribution in [0.5, 0.6) is 0 Å². The number of hydrogen-bond acceptors (Lipinski definition) is 4. The number of amides is 3. The van der Waals surface area contributed by atoms with Gasteiger partial charge in [-0.05, 0) is 43.7 Å². The van der Waals surface area contributed by atoms with Gasteiger partial charge in [0.25, 0.3) is 0 Å². The highest BCUT2D eigenvalue weighted by Crippen LogP contribution is 2.20. The van der Waals surface area contributed by atoms with E-state index in [2.05, 4.69) is 0 Å². The van der Waals surface area contributed by atoms with Crippen LogP contribution in [0.25, 0.3) is 0 Å². The Kier molecular flexibility index (Phi) is 7.36. The zero-order chi connectivity index (χ0) is 22.4. The number of hydrogen-bond donors (Lipinski definition) is 0. The lowest BCUT2D eigenvalue weighted by atomic mass is 10.2. The third-order valence-electron chi connectivity index (χ3n) is 5.02.